The van der Waals surface area contributed by atoms with E-state index in [9.17, 15) is 19.7 Å². The third-order valence-electron chi connectivity index (χ3n) is 3.96. The predicted octanol–water partition coefficient (Wildman–Crippen LogP) is 2.49. The number of aryl methyl sites for hydroxylation is 1. The fourth-order valence-corrected chi connectivity index (χ4v) is 2.19. The minimum absolute atomic E-state index is 0.108. The number of ether oxygens (including phenoxy) is 1. The standard InChI is InChI=1S/C15H18N2O5/c1-9-6-7-12(17(20)21)14(10(9)2)16-13(18)8-22-15(19)11-4-3-5-11/h6-7,11H,3-5,8H2,1-2H3,(H,16,18). The van der Waals surface area contributed by atoms with E-state index in [0.29, 0.717) is 5.56 Å². The molecule has 0 aliphatic heterocycles. The number of amides is 1. The SMILES string of the molecule is Cc1ccc([N+](=O)[O-])c(NC(=O)COC(=O)C2CCC2)c1C. The number of hydrogen-bond donors (Lipinski definition) is 1. The molecule has 0 radical (unpaired) electrons. The summed E-state index contributed by atoms with van der Waals surface area (Å²) in [5, 5.41) is 13.5. The van der Waals surface area contributed by atoms with Crippen molar-refractivity contribution < 1.29 is 19.2 Å². The maximum absolute atomic E-state index is 11.9. The lowest BCUT2D eigenvalue weighted by Gasteiger charge is -2.22. The van der Waals surface area contributed by atoms with E-state index >= 15 is 0 Å². The molecule has 22 heavy (non-hydrogen) atoms. The number of esters is 1. The molecule has 1 aromatic rings. The summed E-state index contributed by atoms with van der Waals surface area (Å²) in [6.07, 6.45) is 2.59. The van der Waals surface area contributed by atoms with Gasteiger partial charge in [0.15, 0.2) is 6.61 Å². The normalized spacial score (nSPS) is 14.1. The van der Waals surface area contributed by atoms with Gasteiger partial charge in [-0.05, 0) is 37.8 Å². The van der Waals surface area contributed by atoms with E-state index in [1.807, 2.05) is 0 Å². The molecule has 0 spiro atoms. The lowest BCUT2D eigenvalue weighted by Crippen LogP contribution is -2.28. The Bertz CT molecular complexity index is 623. The minimum atomic E-state index is -0.579. The van der Waals surface area contributed by atoms with Crippen molar-refractivity contribution in [2.75, 3.05) is 11.9 Å². The molecule has 0 aromatic heterocycles. The summed E-state index contributed by atoms with van der Waals surface area (Å²) in [5.41, 5.74) is 1.41. The average Bonchev–Trinajstić information content (AvgIpc) is 2.39. The van der Waals surface area contributed by atoms with Crippen LogP contribution in [0, 0.1) is 29.9 Å². The Balaban J connectivity index is 2.03. The quantitative estimate of drug-likeness (QED) is 0.512. The van der Waals surface area contributed by atoms with Crippen LogP contribution in [0.15, 0.2) is 12.1 Å². The molecule has 1 N–H and O–H groups in total. The summed E-state index contributed by atoms with van der Waals surface area (Å²) >= 11 is 0. The summed E-state index contributed by atoms with van der Waals surface area (Å²) in [7, 11) is 0. The number of rotatable bonds is 5. The van der Waals surface area contributed by atoms with Crippen molar-refractivity contribution in [2.45, 2.75) is 33.1 Å². The molecule has 0 bridgehead atoms. The number of nitrogens with zero attached hydrogens (tertiary/aromatic N) is 1. The van der Waals surface area contributed by atoms with Gasteiger partial charge in [0.05, 0.1) is 10.8 Å². The van der Waals surface area contributed by atoms with Gasteiger partial charge in [-0.3, -0.25) is 19.7 Å². The highest BCUT2D eigenvalue weighted by Crippen LogP contribution is 2.30. The Morgan fingerprint density at radius 2 is 2.05 bits per heavy atom. The molecule has 7 heteroatoms. The largest absolute Gasteiger partial charge is 0.455 e. The van der Waals surface area contributed by atoms with Gasteiger partial charge >= 0.3 is 5.97 Å². The van der Waals surface area contributed by atoms with Crippen LogP contribution in [0.5, 0.6) is 0 Å². The Morgan fingerprint density at radius 3 is 2.59 bits per heavy atom. The third-order valence-corrected chi connectivity index (χ3v) is 3.96. The van der Waals surface area contributed by atoms with Crippen molar-refractivity contribution in [1.29, 1.82) is 0 Å². The van der Waals surface area contributed by atoms with E-state index < -0.39 is 17.4 Å². The molecule has 118 valence electrons. The maximum Gasteiger partial charge on any atom is 0.309 e. The highest BCUT2D eigenvalue weighted by molar-refractivity contribution is 5.96. The lowest BCUT2D eigenvalue weighted by molar-refractivity contribution is -0.384. The summed E-state index contributed by atoms with van der Waals surface area (Å²) in [4.78, 5) is 33.9. The highest BCUT2D eigenvalue weighted by Gasteiger charge is 2.27. The molecule has 1 amide bonds. The van der Waals surface area contributed by atoms with Crippen LogP contribution in [0.3, 0.4) is 0 Å². The Morgan fingerprint density at radius 1 is 1.36 bits per heavy atom. The molecular formula is C15H18N2O5. The average molecular weight is 306 g/mol. The molecule has 2 rings (SSSR count). The smallest absolute Gasteiger partial charge is 0.309 e. The molecule has 0 unspecified atom stereocenters. The van der Waals surface area contributed by atoms with Gasteiger partial charge in [-0.25, -0.2) is 0 Å². The second-order valence-electron chi connectivity index (χ2n) is 5.44. The zero-order valence-electron chi connectivity index (χ0n) is 12.5. The van der Waals surface area contributed by atoms with E-state index in [1.54, 1.807) is 19.9 Å². The zero-order valence-corrected chi connectivity index (χ0v) is 12.5. The zero-order chi connectivity index (χ0) is 16.3. The Kier molecular flexibility index (Phi) is 4.75. The topological polar surface area (TPSA) is 98.5 Å². The van der Waals surface area contributed by atoms with E-state index in [-0.39, 0.29) is 23.3 Å². The fourth-order valence-electron chi connectivity index (χ4n) is 2.19. The van der Waals surface area contributed by atoms with Crippen molar-refractivity contribution in [2.24, 2.45) is 5.92 Å². The van der Waals surface area contributed by atoms with Gasteiger partial charge in [-0.2, -0.15) is 0 Å². The van der Waals surface area contributed by atoms with Crippen LogP contribution < -0.4 is 5.32 Å². The van der Waals surface area contributed by atoms with Gasteiger partial charge in [-0.1, -0.05) is 12.5 Å². The van der Waals surface area contributed by atoms with E-state index in [2.05, 4.69) is 5.32 Å². The highest BCUT2D eigenvalue weighted by atomic mass is 16.6. The van der Waals surface area contributed by atoms with Gasteiger partial charge < -0.3 is 10.1 Å². The van der Waals surface area contributed by atoms with Crippen molar-refractivity contribution >= 4 is 23.3 Å². The number of nitro benzene ring substituents is 1. The molecule has 1 saturated carbocycles. The molecule has 1 aliphatic carbocycles. The van der Waals surface area contributed by atoms with Crippen molar-refractivity contribution in [1.82, 2.24) is 0 Å². The Labute approximate surface area is 127 Å². The molecule has 0 heterocycles. The second kappa shape index (κ2) is 6.55. The molecule has 7 nitrogen and oxygen atoms in total. The van der Waals surface area contributed by atoms with Gasteiger partial charge in [0.1, 0.15) is 5.69 Å². The number of carbonyl (C=O) groups is 2. The first-order chi connectivity index (χ1) is 10.4. The molecule has 0 saturated heterocycles. The van der Waals surface area contributed by atoms with E-state index in [4.69, 9.17) is 4.74 Å². The fraction of sp³-hybridized carbons (Fsp3) is 0.467. The van der Waals surface area contributed by atoms with Crippen LogP contribution in [-0.4, -0.2) is 23.4 Å². The molecule has 1 fully saturated rings. The van der Waals surface area contributed by atoms with Crippen LogP contribution in [0.25, 0.3) is 0 Å². The summed E-state index contributed by atoms with van der Waals surface area (Å²) in [6, 6.07) is 2.97. The van der Waals surface area contributed by atoms with Gasteiger partial charge in [0, 0.05) is 6.07 Å². The van der Waals surface area contributed by atoms with E-state index in [0.717, 1.165) is 24.8 Å². The summed E-state index contributed by atoms with van der Waals surface area (Å²) < 4.78 is 4.93. The van der Waals surface area contributed by atoms with Crippen molar-refractivity contribution in [3.63, 3.8) is 0 Å². The van der Waals surface area contributed by atoms with Crippen LogP contribution in [0.2, 0.25) is 0 Å². The van der Waals surface area contributed by atoms with Crippen molar-refractivity contribution in [3.8, 4) is 0 Å². The minimum Gasteiger partial charge on any atom is -0.455 e. The number of carbonyl (C=O) groups excluding carboxylic acids is 2. The molecule has 1 aromatic carbocycles. The number of nitro groups is 1. The van der Waals surface area contributed by atoms with Crippen LogP contribution >= 0.6 is 0 Å². The van der Waals surface area contributed by atoms with Crippen LogP contribution in [0.4, 0.5) is 11.4 Å². The first-order valence-electron chi connectivity index (χ1n) is 7.11. The number of anilines is 1. The maximum atomic E-state index is 11.9. The van der Waals surface area contributed by atoms with E-state index in [1.165, 1.54) is 6.07 Å². The van der Waals surface area contributed by atoms with Crippen LogP contribution in [-0.2, 0) is 14.3 Å². The Hall–Kier alpha value is -2.44. The first-order valence-corrected chi connectivity index (χ1v) is 7.11. The predicted molar refractivity (Wildman–Crippen MR) is 79.5 cm³/mol. The lowest BCUT2D eigenvalue weighted by atomic mass is 9.86. The van der Waals surface area contributed by atoms with Gasteiger partial charge in [0.2, 0.25) is 0 Å². The van der Waals surface area contributed by atoms with Crippen LogP contribution in [0.1, 0.15) is 30.4 Å². The van der Waals surface area contributed by atoms with Gasteiger partial charge in [-0.15, -0.1) is 0 Å². The first kappa shape index (κ1) is 15.9. The molecule has 1 aliphatic rings. The third kappa shape index (κ3) is 3.41. The molecule has 0 atom stereocenters. The number of hydrogen-bond acceptors (Lipinski definition) is 5. The number of nitrogens with one attached hydrogen (secondary N) is 1. The van der Waals surface area contributed by atoms with Gasteiger partial charge in [0.25, 0.3) is 11.6 Å². The number of benzene rings is 1. The molecular weight excluding hydrogens is 288 g/mol. The second-order valence-corrected chi connectivity index (χ2v) is 5.44. The summed E-state index contributed by atoms with van der Waals surface area (Å²) in [6.45, 7) is 3.06. The monoisotopic (exact) mass is 306 g/mol. The van der Waals surface area contributed by atoms with Crippen molar-refractivity contribution in [3.05, 3.63) is 33.4 Å². The summed E-state index contributed by atoms with van der Waals surface area (Å²) in [5.74, 6) is -1.07.